The lowest BCUT2D eigenvalue weighted by molar-refractivity contribution is 0.0229. The minimum absolute atomic E-state index is 0.223. The number of rotatable bonds is 6. The number of hydrogen-bond acceptors (Lipinski definition) is 6. The lowest BCUT2D eigenvalue weighted by atomic mass is 10.0. The van der Waals surface area contributed by atoms with Gasteiger partial charge in [-0.05, 0) is 17.7 Å². The molecule has 108 valence electrons. The van der Waals surface area contributed by atoms with Crippen molar-refractivity contribution >= 4 is 5.97 Å². The van der Waals surface area contributed by atoms with E-state index < -0.39 is 18.2 Å². The zero-order valence-electron chi connectivity index (χ0n) is 11.1. The van der Waals surface area contributed by atoms with Gasteiger partial charge < -0.3 is 19.7 Å². The fourth-order valence-electron chi connectivity index (χ4n) is 1.63. The van der Waals surface area contributed by atoms with Crippen LogP contribution in [0, 0.1) is 0 Å². The summed E-state index contributed by atoms with van der Waals surface area (Å²) in [6.07, 6.45) is -2.58. The van der Waals surface area contributed by atoms with Crippen molar-refractivity contribution in [2.24, 2.45) is 5.11 Å². The van der Waals surface area contributed by atoms with Crippen LogP contribution in [0.3, 0.4) is 0 Å². The molecule has 0 aliphatic heterocycles. The molecular weight excluding hydrogens is 266 g/mol. The molecule has 0 saturated carbocycles. The number of ether oxygens (including phenoxy) is 2. The van der Waals surface area contributed by atoms with Crippen molar-refractivity contribution in [2.45, 2.75) is 12.2 Å². The number of nitrogens with zero attached hydrogens (tertiary/aromatic N) is 3. The Morgan fingerprint density at radius 2 is 2.15 bits per heavy atom. The SMILES string of the molecule is COC(=O)c1ccc(C(O)C(O)CN=[N+]=[N-])c(OC)c1. The summed E-state index contributed by atoms with van der Waals surface area (Å²) in [4.78, 5) is 13.9. The average molecular weight is 281 g/mol. The van der Waals surface area contributed by atoms with Crippen molar-refractivity contribution in [2.75, 3.05) is 20.8 Å². The quantitative estimate of drug-likeness (QED) is 0.350. The zero-order chi connectivity index (χ0) is 15.1. The first-order valence-corrected chi connectivity index (χ1v) is 5.68. The van der Waals surface area contributed by atoms with Crippen molar-refractivity contribution in [3.63, 3.8) is 0 Å². The predicted octanol–water partition coefficient (Wildman–Crippen LogP) is 1.19. The molecule has 2 atom stereocenters. The van der Waals surface area contributed by atoms with Gasteiger partial charge in [0.05, 0.1) is 32.4 Å². The molecule has 20 heavy (non-hydrogen) atoms. The maximum absolute atomic E-state index is 11.4. The van der Waals surface area contributed by atoms with Crippen molar-refractivity contribution in [3.05, 3.63) is 39.8 Å². The summed E-state index contributed by atoms with van der Waals surface area (Å²) in [7, 11) is 2.62. The first-order valence-electron chi connectivity index (χ1n) is 5.68. The number of esters is 1. The van der Waals surface area contributed by atoms with Crippen molar-refractivity contribution in [1.82, 2.24) is 0 Å². The van der Waals surface area contributed by atoms with Crippen LogP contribution in [0.5, 0.6) is 5.75 Å². The molecule has 0 aromatic heterocycles. The summed E-state index contributed by atoms with van der Waals surface area (Å²) < 4.78 is 9.65. The molecular formula is C12H15N3O5. The second kappa shape index (κ2) is 7.34. The molecule has 0 bridgehead atoms. The predicted molar refractivity (Wildman–Crippen MR) is 69.3 cm³/mol. The van der Waals surface area contributed by atoms with Crippen LogP contribution in [0.25, 0.3) is 10.4 Å². The Kier molecular flexibility index (Phi) is 5.79. The van der Waals surface area contributed by atoms with E-state index in [1.807, 2.05) is 0 Å². The molecule has 1 aromatic carbocycles. The van der Waals surface area contributed by atoms with E-state index >= 15 is 0 Å². The van der Waals surface area contributed by atoms with Gasteiger partial charge in [-0.2, -0.15) is 0 Å². The van der Waals surface area contributed by atoms with Crippen molar-refractivity contribution in [1.29, 1.82) is 0 Å². The summed E-state index contributed by atoms with van der Waals surface area (Å²) in [5.74, 6) is -0.320. The van der Waals surface area contributed by atoms with E-state index in [4.69, 9.17) is 10.3 Å². The van der Waals surface area contributed by atoms with Gasteiger partial charge in [-0.1, -0.05) is 11.2 Å². The number of carbonyl (C=O) groups is 1. The van der Waals surface area contributed by atoms with Gasteiger partial charge >= 0.3 is 5.97 Å². The highest BCUT2D eigenvalue weighted by atomic mass is 16.5. The summed E-state index contributed by atoms with van der Waals surface area (Å²) in [6.45, 7) is -0.278. The van der Waals surface area contributed by atoms with Crippen molar-refractivity contribution in [3.8, 4) is 5.75 Å². The number of benzene rings is 1. The van der Waals surface area contributed by atoms with Crippen LogP contribution in [0.2, 0.25) is 0 Å². The Bertz CT molecular complexity index is 528. The van der Waals surface area contributed by atoms with Crippen LogP contribution >= 0.6 is 0 Å². The highest BCUT2D eigenvalue weighted by Gasteiger charge is 2.22. The van der Waals surface area contributed by atoms with Gasteiger partial charge in [0.15, 0.2) is 0 Å². The molecule has 0 spiro atoms. The Morgan fingerprint density at radius 3 is 2.70 bits per heavy atom. The number of hydrogen-bond donors (Lipinski definition) is 2. The Hall–Kier alpha value is -2.28. The first-order chi connectivity index (χ1) is 9.54. The van der Waals surface area contributed by atoms with Gasteiger partial charge in [-0.15, -0.1) is 0 Å². The average Bonchev–Trinajstić information content (AvgIpc) is 2.50. The van der Waals surface area contributed by atoms with E-state index in [0.717, 1.165) is 0 Å². The molecule has 0 radical (unpaired) electrons. The van der Waals surface area contributed by atoms with E-state index in [9.17, 15) is 15.0 Å². The molecule has 0 fully saturated rings. The monoisotopic (exact) mass is 281 g/mol. The second-order valence-corrected chi connectivity index (χ2v) is 3.87. The third-order valence-corrected chi connectivity index (χ3v) is 2.67. The fourth-order valence-corrected chi connectivity index (χ4v) is 1.63. The molecule has 8 heteroatoms. The Labute approximate surface area is 115 Å². The first kappa shape index (κ1) is 15.8. The van der Waals surface area contributed by atoms with Crippen LogP contribution < -0.4 is 4.74 Å². The molecule has 8 nitrogen and oxygen atoms in total. The summed E-state index contributed by atoms with van der Waals surface area (Å²) in [5, 5.41) is 22.9. The number of carbonyl (C=O) groups excluding carboxylic acids is 1. The molecule has 2 unspecified atom stereocenters. The van der Waals surface area contributed by atoms with Gasteiger partial charge in [0, 0.05) is 10.5 Å². The third-order valence-electron chi connectivity index (χ3n) is 2.67. The molecule has 0 heterocycles. The van der Waals surface area contributed by atoms with Crippen LogP contribution in [-0.4, -0.2) is 43.1 Å². The van der Waals surface area contributed by atoms with E-state index in [2.05, 4.69) is 14.8 Å². The largest absolute Gasteiger partial charge is 0.496 e. The van der Waals surface area contributed by atoms with Crippen LogP contribution in [-0.2, 0) is 4.74 Å². The number of aliphatic hydroxyl groups is 2. The molecule has 0 saturated heterocycles. The van der Waals surface area contributed by atoms with Crippen LogP contribution in [0.4, 0.5) is 0 Å². The zero-order valence-corrected chi connectivity index (χ0v) is 11.1. The number of methoxy groups -OCH3 is 2. The number of azide groups is 1. The molecule has 0 aliphatic carbocycles. The second-order valence-electron chi connectivity index (χ2n) is 3.87. The summed E-state index contributed by atoms with van der Waals surface area (Å²) >= 11 is 0. The smallest absolute Gasteiger partial charge is 0.337 e. The third kappa shape index (κ3) is 3.61. The van der Waals surface area contributed by atoms with Gasteiger partial charge in [0.2, 0.25) is 0 Å². The van der Waals surface area contributed by atoms with Gasteiger partial charge in [-0.3, -0.25) is 0 Å². The topological polar surface area (TPSA) is 125 Å². The maximum atomic E-state index is 11.4. The highest BCUT2D eigenvalue weighted by molar-refractivity contribution is 5.89. The fraction of sp³-hybridized carbons (Fsp3) is 0.417. The van der Waals surface area contributed by atoms with E-state index in [-0.39, 0.29) is 23.4 Å². The normalized spacial score (nSPS) is 13.0. The van der Waals surface area contributed by atoms with Crippen molar-refractivity contribution < 1.29 is 24.5 Å². The number of aliphatic hydroxyl groups excluding tert-OH is 2. The lowest BCUT2D eigenvalue weighted by Crippen LogP contribution is -2.21. The van der Waals surface area contributed by atoms with Gasteiger partial charge in [0.1, 0.15) is 11.9 Å². The minimum atomic E-state index is -1.30. The standard InChI is InChI=1S/C12H15N3O5/c1-19-10-5-7(12(18)20-2)3-4-8(10)11(17)9(16)6-14-15-13/h3-5,9,11,16-17H,6H2,1-2H3. The molecule has 1 aromatic rings. The van der Waals surface area contributed by atoms with E-state index in [1.165, 1.54) is 32.4 Å². The van der Waals surface area contributed by atoms with E-state index in [0.29, 0.717) is 0 Å². The van der Waals surface area contributed by atoms with E-state index in [1.54, 1.807) is 0 Å². The lowest BCUT2D eigenvalue weighted by Gasteiger charge is -2.19. The van der Waals surface area contributed by atoms with Gasteiger partial charge in [-0.25, -0.2) is 4.79 Å². The highest BCUT2D eigenvalue weighted by Crippen LogP contribution is 2.28. The van der Waals surface area contributed by atoms with Gasteiger partial charge in [0.25, 0.3) is 0 Å². The molecule has 1 rings (SSSR count). The minimum Gasteiger partial charge on any atom is -0.496 e. The molecule has 0 amide bonds. The van der Waals surface area contributed by atoms with Crippen LogP contribution in [0.15, 0.2) is 23.3 Å². The van der Waals surface area contributed by atoms with Crippen LogP contribution in [0.1, 0.15) is 22.0 Å². The Balaban J connectivity index is 3.05. The molecule has 0 aliphatic rings. The maximum Gasteiger partial charge on any atom is 0.337 e. The molecule has 2 N–H and O–H groups in total. The summed E-state index contributed by atoms with van der Waals surface area (Å²) in [6, 6.07) is 4.27. The Morgan fingerprint density at radius 1 is 1.45 bits per heavy atom. The summed E-state index contributed by atoms with van der Waals surface area (Å²) in [5.41, 5.74) is 8.72.